The summed E-state index contributed by atoms with van der Waals surface area (Å²) in [6.45, 7) is 11.7. The highest BCUT2D eigenvalue weighted by atomic mass is 16.5. The summed E-state index contributed by atoms with van der Waals surface area (Å²) in [5.74, 6) is 3.54. The first kappa shape index (κ1) is 26.0. The van der Waals surface area contributed by atoms with Gasteiger partial charge in [-0.15, -0.1) is 0 Å². The number of carbonyl (C=O) groups is 2. The Bertz CT molecular complexity index is 896. The molecule has 0 aliphatic heterocycles. The van der Waals surface area contributed by atoms with Crippen LogP contribution in [0.2, 0.25) is 0 Å². The van der Waals surface area contributed by atoms with Gasteiger partial charge in [0.2, 0.25) is 6.41 Å². The van der Waals surface area contributed by atoms with Crippen LogP contribution in [0.25, 0.3) is 0 Å². The van der Waals surface area contributed by atoms with E-state index in [0.29, 0.717) is 42.4 Å². The summed E-state index contributed by atoms with van der Waals surface area (Å²) < 4.78 is 12.2. The Morgan fingerprint density at radius 2 is 1.94 bits per heavy atom. The fraction of sp³-hybridized carbons (Fsp3) is 0.733. The molecule has 1 amide bonds. The lowest BCUT2D eigenvalue weighted by atomic mass is 9.55. The number of nitrogens with one attached hydrogen (secondary N) is 1. The summed E-state index contributed by atoms with van der Waals surface area (Å²) in [6, 6.07) is 6.23. The number of hydrogen-bond donors (Lipinski definition) is 1. The molecule has 6 atom stereocenters. The molecule has 5 heteroatoms. The summed E-state index contributed by atoms with van der Waals surface area (Å²) in [5.41, 5.74) is 3.01. The van der Waals surface area contributed by atoms with E-state index in [1.807, 2.05) is 0 Å². The van der Waals surface area contributed by atoms with Crippen LogP contribution < -0.4 is 10.1 Å². The van der Waals surface area contributed by atoms with Crippen molar-refractivity contribution in [2.24, 2.45) is 29.1 Å². The van der Waals surface area contributed by atoms with Crippen molar-refractivity contribution in [3.05, 3.63) is 29.3 Å². The molecule has 0 saturated heterocycles. The molecule has 0 radical (unpaired) electrons. The number of carbonyl (C=O) groups excluding carboxylic acids is 2. The quantitative estimate of drug-likeness (QED) is 0.325. The maximum atomic E-state index is 13.0. The first-order valence-corrected chi connectivity index (χ1v) is 13.9. The molecule has 2 saturated carbocycles. The van der Waals surface area contributed by atoms with E-state index in [1.165, 1.54) is 17.5 Å². The third kappa shape index (κ3) is 5.54. The highest BCUT2D eigenvalue weighted by Gasteiger charge is 2.56. The highest BCUT2D eigenvalue weighted by molar-refractivity contribution is 5.78. The Balaban J connectivity index is 1.43. The lowest BCUT2D eigenvalue weighted by molar-refractivity contribution is -0.161. The second kappa shape index (κ2) is 10.9. The second-order valence-electron chi connectivity index (χ2n) is 12.3. The maximum Gasteiger partial charge on any atom is 0.328 e. The minimum absolute atomic E-state index is 0.0256. The minimum Gasteiger partial charge on any atom is -0.494 e. The largest absolute Gasteiger partial charge is 0.494 e. The SMILES string of the molecule is CC(C)CCOc1ccc2c(c1)CCC1C2CC[C@@]2(C)C1CC[C@@H]2OC(=O)C(CC(C)C)NC=O. The smallest absolute Gasteiger partial charge is 0.328 e. The van der Waals surface area contributed by atoms with Gasteiger partial charge >= 0.3 is 5.97 Å². The molecule has 3 aliphatic carbocycles. The summed E-state index contributed by atoms with van der Waals surface area (Å²) >= 11 is 0. The topological polar surface area (TPSA) is 64.6 Å². The first-order chi connectivity index (χ1) is 16.7. The molecule has 1 aromatic carbocycles. The van der Waals surface area contributed by atoms with Crippen LogP contribution in [0.5, 0.6) is 5.75 Å². The molecule has 0 bridgehead atoms. The molecule has 2 fully saturated rings. The maximum absolute atomic E-state index is 13.0. The van der Waals surface area contributed by atoms with Gasteiger partial charge < -0.3 is 14.8 Å². The van der Waals surface area contributed by atoms with Crippen molar-refractivity contribution in [3.8, 4) is 5.75 Å². The van der Waals surface area contributed by atoms with Crippen LogP contribution >= 0.6 is 0 Å². The normalized spacial score (nSPS) is 30.3. The number of amides is 1. The van der Waals surface area contributed by atoms with Crippen molar-refractivity contribution in [3.63, 3.8) is 0 Å². The second-order valence-corrected chi connectivity index (χ2v) is 12.3. The first-order valence-electron chi connectivity index (χ1n) is 13.9. The molecule has 194 valence electrons. The van der Waals surface area contributed by atoms with E-state index in [-0.39, 0.29) is 17.5 Å². The predicted molar refractivity (Wildman–Crippen MR) is 138 cm³/mol. The van der Waals surface area contributed by atoms with Crippen molar-refractivity contribution in [1.82, 2.24) is 5.32 Å². The molecule has 35 heavy (non-hydrogen) atoms. The summed E-state index contributed by atoms with van der Waals surface area (Å²) in [4.78, 5) is 24.0. The molecule has 4 rings (SSSR count). The lowest BCUT2D eigenvalue weighted by Crippen LogP contribution is -2.47. The monoisotopic (exact) mass is 483 g/mol. The Labute approximate surface area is 211 Å². The molecule has 0 spiro atoms. The van der Waals surface area contributed by atoms with Gasteiger partial charge in [-0.05, 0) is 104 Å². The number of fused-ring (bicyclic) bond motifs is 5. The van der Waals surface area contributed by atoms with Gasteiger partial charge in [-0.2, -0.15) is 0 Å². The number of rotatable bonds is 10. The van der Waals surface area contributed by atoms with Gasteiger partial charge in [0, 0.05) is 5.41 Å². The molecule has 0 aromatic heterocycles. The molecule has 1 aromatic rings. The van der Waals surface area contributed by atoms with Crippen LogP contribution in [-0.4, -0.2) is 31.1 Å². The van der Waals surface area contributed by atoms with E-state index < -0.39 is 6.04 Å². The van der Waals surface area contributed by atoms with Crippen molar-refractivity contribution >= 4 is 12.4 Å². The summed E-state index contributed by atoms with van der Waals surface area (Å²) in [7, 11) is 0. The number of ether oxygens (including phenoxy) is 2. The molecule has 4 unspecified atom stereocenters. The average Bonchev–Trinajstić information content (AvgIpc) is 3.14. The van der Waals surface area contributed by atoms with E-state index >= 15 is 0 Å². The van der Waals surface area contributed by atoms with Crippen molar-refractivity contribution in [2.75, 3.05) is 6.61 Å². The zero-order valence-electron chi connectivity index (χ0n) is 22.3. The van der Waals surface area contributed by atoms with E-state index in [2.05, 4.69) is 58.1 Å². The zero-order valence-corrected chi connectivity index (χ0v) is 22.3. The van der Waals surface area contributed by atoms with E-state index in [1.54, 1.807) is 0 Å². The Morgan fingerprint density at radius 3 is 2.66 bits per heavy atom. The number of benzene rings is 1. The predicted octanol–water partition coefficient (Wildman–Crippen LogP) is 6.04. The Kier molecular flexibility index (Phi) is 8.12. The molecule has 3 aliphatic rings. The van der Waals surface area contributed by atoms with Gasteiger partial charge in [-0.1, -0.05) is 40.7 Å². The average molecular weight is 484 g/mol. The van der Waals surface area contributed by atoms with E-state index in [4.69, 9.17) is 9.47 Å². The number of aryl methyl sites for hydroxylation is 1. The van der Waals surface area contributed by atoms with Crippen molar-refractivity contribution in [1.29, 1.82) is 0 Å². The summed E-state index contributed by atoms with van der Waals surface area (Å²) in [5, 5.41) is 2.69. The van der Waals surface area contributed by atoms with Gasteiger partial charge in [0.1, 0.15) is 17.9 Å². The van der Waals surface area contributed by atoms with Crippen LogP contribution in [0.4, 0.5) is 0 Å². The minimum atomic E-state index is -0.551. The van der Waals surface area contributed by atoms with Gasteiger partial charge in [0.25, 0.3) is 0 Å². The van der Waals surface area contributed by atoms with Crippen molar-refractivity contribution < 1.29 is 19.1 Å². The molecular formula is C30H45NO4. The van der Waals surface area contributed by atoms with Gasteiger partial charge in [-0.3, -0.25) is 4.79 Å². The fourth-order valence-electron chi connectivity index (χ4n) is 7.21. The molecular weight excluding hydrogens is 438 g/mol. The Hall–Kier alpha value is -2.04. The standard InChI is InChI=1S/C30H45NO4/c1-19(2)13-15-34-22-7-9-23-21(17-22)6-8-25-24(23)12-14-30(5)26(25)10-11-28(30)35-29(33)27(31-18-32)16-20(3)4/h7,9,17-20,24-28H,6,8,10-16H2,1-5H3,(H,31,32)/t24?,25?,26?,27?,28-,30-/m0/s1. The Morgan fingerprint density at radius 1 is 1.14 bits per heavy atom. The van der Waals surface area contributed by atoms with Gasteiger partial charge in [0.15, 0.2) is 0 Å². The van der Waals surface area contributed by atoms with Crippen LogP contribution in [-0.2, 0) is 20.7 Å². The third-order valence-electron chi connectivity index (χ3n) is 9.09. The fourth-order valence-corrected chi connectivity index (χ4v) is 7.21. The third-order valence-corrected chi connectivity index (χ3v) is 9.09. The zero-order chi connectivity index (χ0) is 25.2. The molecule has 0 heterocycles. The van der Waals surface area contributed by atoms with E-state index in [9.17, 15) is 9.59 Å². The summed E-state index contributed by atoms with van der Waals surface area (Å²) in [6.07, 6.45) is 8.85. The lowest BCUT2D eigenvalue weighted by Gasteiger charge is -2.50. The van der Waals surface area contributed by atoms with Crippen LogP contribution in [0.3, 0.4) is 0 Å². The number of esters is 1. The highest BCUT2D eigenvalue weighted by Crippen LogP contribution is 2.61. The van der Waals surface area contributed by atoms with Crippen molar-refractivity contribution in [2.45, 2.75) is 104 Å². The molecule has 5 nitrogen and oxygen atoms in total. The van der Waals surface area contributed by atoms with Crippen LogP contribution in [0, 0.1) is 29.1 Å². The van der Waals surface area contributed by atoms with Crippen LogP contribution in [0.15, 0.2) is 18.2 Å². The van der Waals surface area contributed by atoms with Gasteiger partial charge in [0.05, 0.1) is 6.61 Å². The van der Waals surface area contributed by atoms with Gasteiger partial charge in [-0.25, -0.2) is 4.79 Å². The molecule has 1 N–H and O–H groups in total. The number of hydrogen-bond acceptors (Lipinski definition) is 4. The van der Waals surface area contributed by atoms with Crippen LogP contribution in [0.1, 0.15) is 96.6 Å². The van der Waals surface area contributed by atoms with E-state index in [0.717, 1.165) is 50.9 Å².